The summed E-state index contributed by atoms with van der Waals surface area (Å²) in [5, 5.41) is 11.5. The van der Waals surface area contributed by atoms with Crippen molar-refractivity contribution in [3.63, 3.8) is 0 Å². The first-order valence-electron chi connectivity index (χ1n) is 4.74. The van der Waals surface area contributed by atoms with E-state index in [-0.39, 0.29) is 11.8 Å². The molecule has 0 aliphatic heterocycles. The SMILES string of the molecule is CC(CN(C)c1ccccn1)C(N)=NO. The van der Waals surface area contributed by atoms with Crippen molar-refractivity contribution in [1.29, 1.82) is 0 Å². The Morgan fingerprint density at radius 2 is 2.40 bits per heavy atom. The van der Waals surface area contributed by atoms with Crippen LogP contribution < -0.4 is 10.6 Å². The summed E-state index contributed by atoms with van der Waals surface area (Å²) in [6, 6.07) is 5.70. The van der Waals surface area contributed by atoms with Gasteiger partial charge in [-0.3, -0.25) is 0 Å². The molecule has 3 N–H and O–H groups in total. The van der Waals surface area contributed by atoms with E-state index in [9.17, 15) is 0 Å². The zero-order valence-corrected chi connectivity index (χ0v) is 8.96. The molecule has 0 aliphatic rings. The molecule has 5 heteroatoms. The van der Waals surface area contributed by atoms with Gasteiger partial charge in [0.15, 0.2) is 0 Å². The Morgan fingerprint density at radius 1 is 1.67 bits per heavy atom. The molecule has 1 heterocycles. The van der Waals surface area contributed by atoms with Gasteiger partial charge in [-0.15, -0.1) is 0 Å². The van der Waals surface area contributed by atoms with E-state index in [4.69, 9.17) is 10.9 Å². The molecule has 15 heavy (non-hydrogen) atoms. The van der Waals surface area contributed by atoms with Gasteiger partial charge in [-0.25, -0.2) is 4.98 Å². The summed E-state index contributed by atoms with van der Waals surface area (Å²) in [5.41, 5.74) is 5.50. The van der Waals surface area contributed by atoms with E-state index >= 15 is 0 Å². The second-order valence-corrected chi connectivity index (χ2v) is 3.49. The Kier molecular flexibility index (Phi) is 3.91. The lowest BCUT2D eigenvalue weighted by molar-refractivity contribution is 0.314. The van der Waals surface area contributed by atoms with Gasteiger partial charge < -0.3 is 15.8 Å². The van der Waals surface area contributed by atoms with Crippen LogP contribution in [0.15, 0.2) is 29.6 Å². The molecule has 0 saturated carbocycles. The van der Waals surface area contributed by atoms with Crippen molar-refractivity contribution in [3.05, 3.63) is 24.4 Å². The summed E-state index contributed by atoms with van der Waals surface area (Å²) in [5.74, 6) is 1.09. The molecule has 1 aromatic rings. The maximum Gasteiger partial charge on any atom is 0.143 e. The second-order valence-electron chi connectivity index (χ2n) is 3.49. The lowest BCUT2D eigenvalue weighted by Crippen LogP contribution is -2.33. The summed E-state index contributed by atoms with van der Waals surface area (Å²) in [6.45, 7) is 2.56. The molecule has 1 atom stereocenters. The molecular formula is C10H16N4O. The van der Waals surface area contributed by atoms with Crippen molar-refractivity contribution in [3.8, 4) is 0 Å². The average Bonchev–Trinajstić information content (AvgIpc) is 2.29. The van der Waals surface area contributed by atoms with Crippen LogP contribution in [0.4, 0.5) is 5.82 Å². The van der Waals surface area contributed by atoms with Crippen molar-refractivity contribution >= 4 is 11.7 Å². The number of oxime groups is 1. The Balaban J connectivity index is 2.60. The number of nitrogens with two attached hydrogens (primary N) is 1. The smallest absolute Gasteiger partial charge is 0.143 e. The monoisotopic (exact) mass is 208 g/mol. The van der Waals surface area contributed by atoms with Crippen molar-refractivity contribution in [2.45, 2.75) is 6.92 Å². The molecule has 0 bridgehead atoms. The lowest BCUT2D eigenvalue weighted by Gasteiger charge is -2.21. The molecule has 0 fully saturated rings. The van der Waals surface area contributed by atoms with E-state index < -0.39 is 0 Å². The Morgan fingerprint density at radius 3 is 2.93 bits per heavy atom. The van der Waals surface area contributed by atoms with Gasteiger partial charge >= 0.3 is 0 Å². The first kappa shape index (κ1) is 11.3. The first-order chi connectivity index (χ1) is 7.15. The maximum atomic E-state index is 8.52. The Bertz CT molecular complexity index is 325. The van der Waals surface area contributed by atoms with Gasteiger partial charge in [0.25, 0.3) is 0 Å². The third-order valence-corrected chi connectivity index (χ3v) is 2.21. The van der Waals surface area contributed by atoms with Crippen molar-refractivity contribution in [2.75, 3.05) is 18.5 Å². The van der Waals surface area contributed by atoms with E-state index in [1.165, 1.54) is 0 Å². The third kappa shape index (κ3) is 3.12. The molecule has 0 aliphatic carbocycles. The minimum atomic E-state index is -0.0120. The molecule has 0 radical (unpaired) electrons. The van der Waals surface area contributed by atoms with Gasteiger partial charge in [-0.05, 0) is 12.1 Å². The first-order valence-corrected chi connectivity index (χ1v) is 4.74. The zero-order valence-electron chi connectivity index (χ0n) is 8.96. The number of hydrogen-bond acceptors (Lipinski definition) is 4. The molecule has 1 rings (SSSR count). The summed E-state index contributed by atoms with van der Waals surface area (Å²) in [7, 11) is 1.92. The number of amidine groups is 1. The van der Waals surface area contributed by atoms with Gasteiger partial charge in [0.05, 0.1) is 0 Å². The third-order valence-electron chi connectivity index (χ3n) is 2.21. The average molecular weight is 208 g/mol. The maximum absolute atomic E-state index is 8.52. The number of nitrogens with zero attached hydrogens (tertiary/aromatic N) is 3. The van der Waals surface area contributed by atoms with Gasteiger partial charge in [-0.2, -0.15) is 0 Å². The van der Waals surface area contributed by atoms with Crippen LogP contribution in [0.5, 0.6) is 0 Å². The topological polar surface area (TPSA) is 74.7 Å². The highest BCUT2D eigenvalue weighted by Gasteiger charge is 2.11. The minimum absolute atomic E-state index is 0.0120. The molecule has 5 nitrogen and oxygen atoms in total. The van der Waals surface area contributed by atoms with Crippen molar-refractivity contribution in [1.82, 2.24) is 4.98 Å². The van der Waals surface area contributed by atoms with Crippen LogP contribution in [0.3, 0.4) is 0 Å². The van der Waals surface area contributed by atoms with E-state index in [0.29, 0.717) is 6.54 Å². The van der Waals surface area contributed by atoms with Gasteiger partial charge in [0, 0.05) is 25.7 Å². The van der Waals surface area contributed by atoms with Crippen LogP contribution in [-0.4, -0.2) is 29.6 Å². The fraction of sp³-hybridized carbons (Fsp3) is 0.400. The number of rotatable bonds is 4. The van der Waals surface area contributed by atoms with Gasteiger partial charge in [0.2, 0.25) is 0 Å². The summed E-state index contributed by atoms with van der Waals surface area (Å²) >= 11 is 0. The van der Waals surface area contributed by atoms with Gasteiger partial charge in [-0.1, -0.05) is 18.1 Å². The summed E-state index contributed by atoms with van der Waals surface area (Å²) in [6.07, 6.45) is 1.74. The van der Waals surface area contributed by atoms with E-state index in [2.05, 4.69) is 10.1 Å². The van der Waals surface area contributed by atoms with Crippen LogP contribution in [0, 0.1) is 5.92 Å². The quantitative estimate of drug-likeness (QED) is 0.333. The van der Waals surface area contributed by atoms with Crippen LogP contribution in [-0.2, 0) is 0 Å². The molecule has 0 aromatic carbocycles. The Hall–Kier alpha value is -1.78. The van der Waals surface area contributed by atoms with Crippen LogP contribution in [0.2, 0.25) is 0 Å². The normalized spacial score (nSPS) is 13.6. The standard InChI is InChI=1S/C10H16N4O/c1-8(10(11)13-15)7-14(2)9-5-3-4-6-12-9/h3-6,8,15H,7H2,1-2H3,(H2,11,13). The zero-order chi connectivity index (χ0) is 11.3. The van der Waals surface area contributed by atoms with E-state index in [1.807, 2.05) is 37.1 Å². The Labute approximate surface area is 89.2 Å². The molecular weight excluding hydrogens is 192 g/mol. The molecule has 0 amide bonds. The van der Waals surface area contributed by atoms with E-state index in [1.54, 1.807) is 6.20 Å². The summed E-state index contributed by atoms with van der Waals surface area (Å²) in [4.78, 5) is 6.16. The largest absolute Gasteiger partial charge is 0.409 e. The highest BCUT2D eigenvalue weighted by molar-refractivity contribution is 5.82. The number of aromatic nitrogens is 1. The predicted molar refractivity (Wildman–Crippen MR) is 60.1 cm³/mol. The number of hydrogen-bond donors (Lipinski definition) is 2. The predicted octanol–water partition coefficient (Wildman–Crippen LogP) is 0.900. The molecule has 1 aromatic heterocycles. The van der Waals surface area contributed by atoms with Crippen LogP contribution >= 0.6 is 0 Å². The highest BCUT2D eigenvalue weighted by Crippen LogP contribution is 2.09. The van der Waals surface area contributed by atoms with Gasteiger partial charge in [0.1, 0.15) is 11.7 Å². The number of anilines is 1. The van der Waals surface area contributed by atoms with Crippen molar-refractivity contribution in [2.24, 2.45) is 16.8 Å². The lowest BCUT2D eigenvalue weighted by atomic mass is 10.1. The molecule has 0 saturated heterocycles. The summed E-state index contributed by atoms with van der Waals surface area (Å²) < 4.78 is 0. The van der Waals surface area contributed by atoms with E-state index in [0.717, 1.165) is 5.82 Å². The fourth-order valence-electron chi connectivity index (χ4n) is 1.28. The molecule has 1 unspecified atom stereocenters. The minimum Gasteiger partial charge on any atom is -0.409 e. The van der Waals surface area contributed by atoms with Crippen LogP contribution in [0.25, 0.3) is 0 Å². The number of pyridine rings is 1. The van der Waals surface area contributed by atoms with Crippen LogP contribution in [0.1, 0.15) is 6.92 Å². The molecule has 0 spiro atoms. The molecule has 82 valence electrons. The van der Waals surface area contributed by atoms with Crippen molar-refractivity contribution < 1.29 is 5.21 Å². The highest BCUT2D eigenvalue weighted by atomic mass is 16.4. The fourth-order valence-corrected chi connectivity index (χ4v) is 1.28. The second kappa shape index (κ2) is 5.19.